The minimum absolute atomic E-state index is 0. The van der Waals surface area contributed by atoms with Gasteiger partial charge in [0.15, 0.2) is 11.5 Å². The largest absolute Gasteiger partial charge is 0.493 e. The van der Waals surface area contributed by atoms with Crippen molar-refractivity contribution in [1.29, 1.82) is 5.26 Å². The van der Waals surface area contributed by atoms with Crippen LogP contribution in [-0.4, -0.2) is 27.8 Å². The number of rotatable bonds is 8. The maximum absolute atomic E-state index is 9.85. The van der Waals surface area contributed by atoms with Gasteiger partial charge < -0.3 is 14.8 Å². The van der Waals surface area contributed by atoms with Crippen LogP contribution in [0.3, 0.4) is 0 Å². The molecule has 0 aliphatic carbocycles. The molecule has 0 bridgehead atoms. The number of halogens is 1. The van der Waals surface area contributed by atoms with E-state index in [0.29, 0.717) is 11.5 Å². The SMILES string of the molecule is CNCCC[C@](C#N)(c1ccc(OC)c(OC)c1)C(C)C.Cl. The first-order valence-electron chi connectivity index (χ1n) is 7.34. The molecule has 0 fully saturated rings. The summed E-state index contributed by atoms with van der Waals surface area (Å²) < 4.78 is 10.7. The Labute approximate surface area is 140 Å². The topological polar surface area (TPSA) is 54.3 Å². The van der Waals surface area contributed by atoms with Crippen molar-refractivity contribution in [2.75, 3.05) is 27.8 Å². The normalized spacial score (nSPS) is 13.0. The number of nitriles is 1. The van der Waals surface area contributed by atoms with Crippen LogP contribution in [0.25, 0.3) is 0 Å². The van der Waals surface area contributed by atoms with Crippen LogP contribution < -0.4 is 14.8 Å². The molecule has 124 valence electrons. The van der Waals surface area contributed by atoms with E-state index >= 15 is 0 Å². The first-order valence-corrected chi connectivity index (χ1v) is 7.34. The molecule has 0 spiro atoms. The Hall–Kier alpha value is -1.44. The van der Waals surface area contributed by atoms with Crippen LogP contribution in [0.5, 0.6) is 11.5 Å². The monoisotopic (exact) mass is 326 g/mol. The van der Waals surface area contributed by atoms with Crippen LogP contribution in [0.1, 0.15) is 32.3 Å². The molecule has 0 aliphatic rings. The summed E-state index contributed by atoms with van der Waals surface area (Å²) >= 11 is 0. The van der Waals surface area contributed by atoms with E-state index in [1.54, 1.807) is 14.2 Å². The molecule has 0 saturated carbocycles. The lowest BCUT2D eigenvalue weighted by atomic mass is 9.70. The van der Waals surface area contributed by atoms with E-state index in [9.17, 15) is 5.26 Å². The maximum Gasteiger partial charge on any atom is 0.161 e. The molecule has 22 heavy (non-hydrogen) atoms. The fourth-order valence-electron chi connectivity index (χ4n) is 2.67. The minimum Gasteiger partial charge on any atom is -0.493 e. The van der Waals surface area contributed by atoms with E-state index in [2.05, 4.69) is 25.2 Å². The summed E-state index contributed by atoms with van der Waals surface area (Å²) in [5.41, 5.74) is 0.491. The van der Waals surface area contributed by atoms with Crippen molar-refractivity contribution in [1.82, 2.24) is 5.32 Å². The molecule has 1 aromatic carbocycles. The summed E-state index contributed by atoms with van der Waals surface area (Å²) in [6, 6.07) is 8.34. The van der Waals surface area contributed by atoms with Crippen molar-refractivity contribution in [3.8, 4) is 17.6 Å². The molecule has 0 radical (unpaired) electrons. The van der Waals surface area contributed by atoms with Gasteiger partial charge >= 0.3 is 0 Å². The van der Waals surface area contributed by atoms with Crippen LogP contribution in [0.2, 0.25) is 0 Å². The predicted octanol–water partition coefficient (Wildman–Crippen LogP) is 3.54. The number of hydrogen-bond donors (Lipinski definition) is 1. The van der Waals surface area contributed by atoms with Gasteiger partial charge in [-0.05, 0) is 50.0 Å². The number of nitrogens with zero attached hydrogens (tertiary/aromatic N) is 1. The van der Waals surface area contributed by atoms with Gasteiger partial charge in [0, 0.05) is 0 Å². The Morgan fingerprint density at radius 1 is 1.23 bits per heavy atom. The van der Waals surface area contributed by atoms with Crippen LogP contribution in [0.15, 0.2) is 18.2 Å². The fraction of sp³-hybridized carbons (Fsp3) is 0.588. The van der Waals surface area contributed by atoms with E-state index in [1.165, 1.54) is 0 Å². The van der Waals surface area contributed by atoms with Gasteiger partial charge in [-0.2, -0.15) is 5.26 Å². The number of nitrogens with one attached hydrogen (secondary N) is 1. The second-order valence-corrected chi connectivity index (χ2v) is 5.51. The highest BCUT2D eigenvalue weighted by Crippen LogP contribution is 2.40. The van der Waals surface area contributed by atoms with Crippen molar-refractivity contribution in [2.24, 2.45) is 5.92 Å². The molecule has 0 amide bonds. The second-order valence-electron chi connectivity index (χ2n) is 5.51. The van der Waals surface area contributed by atoms with Crippen molar-refractivity contribution < 1.29 is 9.47 Å². The molecule has 4 nitrogen and oxygen atoms in total. The molecule has 0 saturated heterocycles. The summed E-state index contributed by atoms with van der Waals surface area (Å²) in [4.78, 5) is 0. The van der Waals surface area contributed by atoms with Crippen LogP contribution in [0.4, 0.5) is 0 Å². The first-order chi connectivity index (χ1) is 10.1. The molecule has 5 heteroatoms. The number of hydrogen-bond acceptors (Lipinski definition) is 4. The van der Waals surface area contributed by atoms with Crippen molar-refractivity contribution >= 4 is 12.4 Å². The quantitative estimate of drug-likeness (QED) is 0.742. The van der Waals surface area contributed by atoms with E-state index < -0.39 is 5.41 Å². The molecule has 0 unspecified atom stereocenters. The highest BCUT2D eigenvalue weighted by molar-refractivity contribution is 5.85. The van der Waals surface area contributed by atoms with Gasteiger partial charge in [0.2, 0.25) is 0 Å². The molecular formula is C17H27ClN2O2. The Morgan fingerprint density at radius 2 is 1.86 bits per heavy atom. The van der Waals surface area contributed by atoms with Crippen LogP contribution >= 0.6 is 12.4 Å². The molecule has 0 heterocycles. The van der Waals surface area contributed by atoms with Crippen molar-refractivity contribution in [3.05, 3.63) is 23.8 Å². The number of ether oxygens (including phenoxy) is 2. The van der Waals surface area contributed by atoms with E-state index in [4.69, 9.17) is 9.47 Å². The van der Waals surface area contributed by atoms with Crippen LogP contribution in [0, 0.1) is 17.2 Å². The minimum atomic E-state index is -0.504. The molecule has 1 rings (SSSR count). The molecule has 0 aliphatic heterocycles. The number of methoxy groups -OCH3 is 2. The molecule has 0 aromatic heterocycles. The van der Waals surface area contributed by atoms with Crippen molar-refractivity contribution in [2.45, 2.75) is 32.1 Å². The zero-order valence-electron chi connectivity index (χ0n) is 14.1. The zero-order chi connectivity index (χ0) is 15.9. The van der Waals surface area contributed by atoms with E-state index in [-0.39, 0.29) is 18.3 Å². The van der Waals surface area contributed by atoms with Gasteiger partial charge in [0.1, 0.15) is 0 Å². The molecule has 1 aromatic rings. The third-order valence-corrected chi connectivity index (χ3v) is 4.08. The van der Waals surface area contributed by atoms with Gasteiger partial charge in [-0.25, -0.2) is 0 Å². The molecule has 1 atom stereocenters. The Morgan fingerprint density at radius 3 is 2.32 bits per heavy atom. The number of benzene rings is 1. The highest BCUT2D eigenvalue weighted by Gasteiger charge is 2.36. The Bertz CT molecular complexity index is 500. The third-order valence-electron chi connectivity index (χ3n) is 4.08. The lowest BCUT2D eigenvalue weighted by molar-refractivity contribution is 0.341. The van der Waals surface area contributed by atoms with Crippen molar-refractivity contribution in [3.63, 3.8) is 0 Å². The summed E-state index contributed by atoms with van der Waals surface area (Å²) in [7, 11) is 5.16. The summed E-state index contributed by atoms with van der Waals surface area (Å²) in [6.45, 7) is 5.10. The van der Waals surface area contributed by atoms with Gasteiger partial charge in [-0.1, -0.05) is 19.9 Å². The smallest absolute Gasteiger partial charge is 0.161 e. The average Bonchev–Trinajstić information content (AvgIpc) is 2.51. The van der Waals surface area contributed by atoms with E-state index in [1.807, 2.05) is 25.2 Å². The lowest BCUT2D eigenvalue weighted by Gasteiger charge is -2.32. The third kappa shape index (κ3) is 4.28. The lowest BCUT2D eigenvalue weighted by Crippen LogP contribution is -2.31. The van der Waals surface area contributed by atoms with E-state index in [0.717, 1.165) is 24.9 Å². The van der Waals surface area contributed by atoms with Gasteiger partial charge in [0.05, 0.1) is 25.7 Å². The molecular weight excluding hydrogens is 300 g/mol. The maximum atomic E-state index is 9.85. The summed E-state index contributed by atoms with van der Waals surface area (Å²) in [6.07, 6.45) is 1.77. The highest BCUT2D eigenvalue weighted by atomic mass is 35.5. The molecule has 1 N–H and O–H groups in total. The Balaban J connectivity index is 0.00000441. The fourth-order valence-corrected chi connectivity index (χ4v) is 2.67. The van der Waals surface area contributed by atoms with Gasteiger partial charge in [-0.3, -0.25) is 0 Å². The van der Waals surface area contributed by atoms with Gasteiger partial charge in [0.25, 0.3) is 0 Å². The first kappa shape index (κ1) is 20.6. The van der Waals surface area contributed by atoms with Gasteiger partial charge in [-0.15, -0.1) is 12.4 Å². The average molecular weight is 327 g/mol. The summed E-state index contributed by atoms with van der Waals surface area (Å²) in [5, 5.41) is 13.0. The second kappa shape index (κ2) is 9.55. The predicted molar refractivity (Wildman–Crippen MR) is 92.1 cm³/mol. The zero-order valence-corrected chi connectivity index (χ0v) is 14.9. The standard InChI is InChI=1S/C17H26N2O2.ClH/c1-13(2)17(12-18,9-6-10-19-3)14-7-8-15(20-4)16(11-14)21-5;/h7-8,11,13,19H,6,9-10H2,1-5H3;1H/t17-;/m1./s1. The summed E-state index contributed by atoms with van der Waals surface area (Å²) in [5.74, 6) is 1.58. The van der Waals surface area contributed by atoms with Crippen LogP contribution in [-0.2, 0) is 5.41 Å². The Kier molecular flexibility index (Phi) is 8.93.